The standard InChI is InChI=1S/C15H25N/c1-5-12(2)10-14(4)16-11-15-8-6-13(3)7-9-15/h6-9,12,14,16H,5,10-11H2,1-4H3. The van der Waals surface area contributed by atoms with Gasteiger partial charge in [0.05, 0.1) is 0 Å². The Morgan fingerprint density at radius 3 is 2.31 bits per heavy atom. The van der Waals surface area contributed by atoms with Crippen molar-refractivity contribution in [3.8, 4) is 0 Å². The smallest absolute Gasteiger partial charge is 0.0207 e. The Kier molecular flexibility index (Phi) is 5.54. The summed E-state index contributed by atoms with van der Waals surface area (Å²) in [5.41, 5.74) is 2.71. The van der Waals surface area contributed by atoms with Crippen molar-refractivity contribution in [2.75, 3.05) is 0 Å². The maximum absolute atomic E-state index is 3.58. The van der Waals surface area contributed by atoms with Crippen LogP contribution in [0.2, 0.25) is 0 Å². The predicted octanol–water partition coefficient (Wildman–Crippen LogP) is 3.91. The highest BCUT2D eigenvalue weighted by molar-refractivity contribution is 5.21. The maximum atomic E-state index is 3.58. The fraction of sp³-hybridized carbons (Fsp3) is 0.600. The zero-order chi connectivity index (χ0) is 12.0. The van der Waals surface area contributed by atoms with Crippen molar-refractivity contribution < 1.29 is 0 Å². The van der Waals surface area contributed by atoms with Crippen LogP contribution in [0.5, 0.6) is 0 Å². The molecule has 1 nitrogen and oxygen atoms in total. The molecule has 0 aromatic heterocycles. The largest absolute Gasteiger partial charge is 0.310 e. The topological polar surface area (TPSA) is 12.0 Å². The Balaban J connectivity index is 2.31. The van der Waals surface area contributed by atoms with E-state index in [9.17, 15) is 0 Å². The van der Waals surface area contributed by atoms with Gasteiger partial charge in [0.1, 0.15) is 0 Å². The Hall–Kier alpha value is -0.820. The average Bonchev–Trinajstić information content (AvgIpc) is 2.28. The van der Waals surface area contributed by atoms with Gasteiger partial charge < -0.3 is 5.32 Å². The van der Waals surface area contributed by atoms with Crippen LogP contribution in [0.15, 0.2) is 24.3 Å². The number of hydrogen-bond donors (Lipinski definition) is 1. The molecule has 1 rings (SSSR count). The van der Waals surface area contributed by atoms with Crippen molar-refractivity contribution >= 4 is 0 Å². The van der Waals surface area contributed by atoms with E-state index in [0.29, 0.717) is 6.04 Å². The third-order valence-electron chi connectivity index (χ3n) is 3.23. The molecule has 0 amide bonds. The van der Waals surface area contributed by atoms with Crippen LogP contribution in [0, 0.1) is 12.8 Å². The van der Waals surface area contributed by atoms with Crippen LogP contribution in [0.1, 0.15) is 44.7 Å². The molecular formula is C15H25N. The fourth-order valence-electron chi connectivity index (χ4n) is 1.85. The fourth-order valence-corrected chi connectivity index (χ4v) is 1.85. The summed E-state index contributed by atoms with van der Waals surface area (Å²) in [6.45, 7) is 9.97. The summed E-state index contributed by atoms with van der Waals surface area (Å²) in [6, 6.07) is 9.37. The number of aryl methyl sites for hydroxylation is 1. The van der Waals surface area contributed by atoms with Crippen molar-refractivity contribution in [2.45, 2.75) is 53.1 Å². The lowest BCUT2D eigenvalue weighted by molar-refractivity contribution is 0.412. The second-order valence-electron chi connectivity index (χ2n) is 5.02. The summed E-state index contributed by atoms with van der Waals surface area (Å²) in [4.78, 5) is 0. The number of rotatable bonds is 6. The molecule has 0 saturated carbocycles. The Labute approximate surface area is 100 Å². The van der Waals surface area contributed by atoms with Crippen LogP contribution in [0.25, 0.3) is 0 Å². The molecule has 1 aromatic rings. The van der Waals surface area contributed by atoms with Gasteiger partial charge in [-0.1, -0.05) is 50.1 Å². The predicted molar refractivity (Wildman–Crippen MR) is 71.6 cm³/mol. The van der Waals surface area contributed by atoms with Gasteiger partial charge >= 0.3 is 0 Å². The molecule has 0 aliphatic heterocycles. The van der Waals surface area contributed by atoms with E-state index in [1.165, 1.54) is 24.0 Å². The van der Waals surface area contributed by atoms with Gasteiger partial charge in [-0.15, -0.1) is 0 Å². The minimum Gasteiger partial charge on any atom is -0.310 e. The molecule has 1 aromatic carbocycles. The molecule has 0 saturated heterocycles. The number of hydrogen-bond acceptors (Lipinski definition) is 1. The summed E-state index contributed by atoms with van der Waals surface area (Å²) < 4.78 is 0. The van der Waals surface area contributed by atoms with Gasteiger partial charge in [-0.05, 0) is 31.7 Å². The monoisotopic (exact) mass is 219 g/mol. The molecule has 0 aliphatic rings. The van der Waals surface area contributed by atoms with Gasteiger partial charge in [0.15, 0.2) is 0 Å². The molecule has 0 radical (unpaired) electrons. The van der Waals surface area contributed by atoms with Crippen molar-refractivity contribution in [3.05, 3.63) is 35.4 Å². The van der Waals surface area contributed by atoms with E-state index in [2.05, 4.69) is 57.3 Å². The van der Waals surface area contributed by atoms with Crippen LogP contribution >= 0.6 is 0 Å². The van der Waals surface area contributed by atoms with Crippen LogP contribution < -0.4 is 5.32 Å². The molecule has 0 fully saturated rings. The molecule has 0 spiro atoms. The first kappa shape index (κ1) is 13.2. The summed E-state index contributed by atoms with van der Waals surface area (Å²) in [5, 5.41) is 3.58. The van der Waals surface area contributed by atoms with Gasteiger partial charge in [-0.3, -0.25) is 0 Å². The van der Waals surface area contributed by atoms with Crippen molar-refractivity contribution in [1.29, 1.82) is 0 Å². The first-order valence-corrected chi connectivity index (χ1v) is 6.40. The van der Waals surface area contributed by atoms with Gasteiger partial charge in [0.2, 0.25) is 0 Å². The Morgan fingerprint density at radius 2 is 1.75 bits per heavy atom. The highest BCUT2D eigenvalue weighted by Gasteiger charge is 2.06. The van der Waals surface area contributed by atoms with Gasteiger partial charge in [0.25, 0.3) is 0 Å². The lowest BCUT2D eigenvalue weighted by atomic mass is 10.0. The van der Waals surface area contributed by atoms with Crippen LogP contribution in [0.4, 0.5) is 0 Å². The first-order chi connectivity index (χ1) is 7.61. The van der Waals surface area contributed by atoms with Gasteiger partial charge in [-0.25, -0.2) is 0 Å². The third-order valence-corrected chi connectivity index (χ3v) is 3.23. The van der Waals surface area contributed by atoms with E-state index < -0.39 is 0 Å². The summed E-state index contributed by atoms with van der Waals surface area (Å²) in [6.07, 6.45) is 2.54. The normalized spacial score (nSPS) is 14.8. The van der Waals surface area contributed by atoms with E-state index in [4.69, 9.17) is 0 Å². The Bertz CT molecular complexity index is 289. The summed E-state index contributed by atoms with van der Waals surface area (Å²) >= 11 is 0. The van der Waals surface area contributed by atoms with E-state index in [0.717, 1.165) is 12.5 Å². The molecular weight excluding hydrogens is 194 g/mol. The second-order valence-corrected chi connectivity index (χ2v) is 5.02. The molecule has 1 heteroatoms. The first-order valence-electron chi connectivity index (χ1n) is 6.40. The molecule has 90 valence electrons. The van der Waals surface area contributed by atoms with E-state index in [1.807, 2.05) is 0 Å². The molecule has 0 aliphatic carbocycles. The second kappa shape index (κ2) is 6.70. The summed E-state index contributed by atoms with van der Waals surface area (Å²) in [7, 11) is 0. The lowest BCUT2D eigenvalue weighted by Gasteiger charge is -2.17. The minimum absolute atomic E-state index is 0.608. The molecule has 0 heterocycles. The quantitative estimate of drug-likeness (QED) is 0.765. The van der Waals surface area contributed by atoms with Gasteiger partial charge in [-0.2, -0.15) is 0 Å². The van der Waals surface area contributed by atoms with Crippen LogP contribution in [0.3, 0.4) is 0 Å². The molecule has 2 unspecified atom stereocenters. The number of benzene rings is 1. The highest BCUT2D eigenvalue weighted by Crippen LogP contribution is 2.10. The van der Waals surface area contributed by atoms with Crippen molar-refractivity contribution in [3.63, 3.8) is 0 Å². The summed E-state index contributed by atoms with van der Waals surface area (Å²) in [5.74, 6) is 0.820. The molecule has 16 heavy (non-hydrogen) atoms. The number of nitrogens with one attached hydrogen (secondary N) is 1. The molecule has 2 atom stereocenters. The van der Waals surface area contributed by atoms with Crippen molar-refractivity contribution in [1.82, 2.24) is 5.32 Å². The zero-order valence-electron chi connectivity index (χ0n) is 11.1. The third kappa shape index (κ3) is 4.80. The average molecular weight is 219 g/mol. The van der Waals surface area contributed by atoms with Gasteiger partial charge in [0, 0.05) is 12.6 Å². The van der Waals surface area contributed by atoms with E-state index >= 15 is 0 Å². The van der Waals surface area contributed by atoms with Crippen molar-refractivity contribution in [2.24, 2.45) is 5.92 Å². The lowest BCUT2D eigenvalue weighted by Crippen LogP contribution is -2.27. The highest BCUT2D eigenvalue weighted by atomic mass is 14.9. The van der Waals surface area contributed by atoms with E-state index in [-0.39, 0.29) is 0 Å². The van der Waals surface area contributed by atoms with Crippen LogP contribution in [-0.2, 0) is 6.54 Å². The van der Waals surface area contributed by atoms with E-state index in [1.54, 1.807) is 0 Å². The zero-order valence-corrected chi connectivity index (χ0v) is 11.1. The maximum Gasteiger partial charge on any atom is 0.0207 e. The minimum atomic E-state index is 0.608. The van der Waals surface area contributed by atoms with Crippen LogP contribution in [-0.4, -0.2) is 6.04 Å². The SMILES string of the molecule is CCC(C)CC(C)NCc1ccc(C)cc1. The molecule has 0 bridgehead atoms. The molecule has 1 N–H and O–H groups in total. The Morgan fingerprint density at radius 1 is 1.12 bits per heavy atom.